The van der Waals surface area contributed by atoms with Crippen molar-refractivity contribution in [3.63, 3.8) is 0 Å². The van der Waals surface area contributed by atoms with E-state index < -0.39 is 15.9 Å². The van der Waals surface area contributed by atoms with Gasteiger partial charge < -0.3 is 5.11 Å². The van der Waals surface area contributed by atoms with Gasteiger partial charge in [0.05, 0.1) is 11.9 Å². The predicted octanol–water partition coefficient (Wildman–Crippen LogP) is 0.765. The summed E-state index contributed by atoms with van der Waals surface area (Å²) in [7, 11) is -3.12. The van der Waals surface area contributed by atoms with E-state index in [1.807, 2.05) is 6.07 Å². The van der Waals surface area contributed by atoms with E-state index in [4.69, 9.17) is 0 Å². The minimum atomic E-state index is -3.12. The maximum Gasteiger partial charge on any atom is 0.150 e. The molecule has 1 rings (SSSR count). The topological polar surface area (TPSA) is 54.4 Å². The highest BCUT2D eigenvalue weighted by atomic mass is 32.2. The third kappa shape index (κ3) is 3.57. The molecule has 0 aliphatic carbocycles. The van der Waals surface area contributed by atoms with E-state index in [1.165, 1.54) is 0 Å². The van der Waals surface area contributed by atoms with E-state index in [0.717, 1.165) is 6.26 Å². The molecule has 0 radical (unpaired) electrons. The summed E-state index contributed by atoms with van der Waals surface area (Å²) in [5.41, 5.74) is 0.632. The van der Waals surface area contributed by atoms with E-state index in [1.54, 1.807) is 24.3 Å². The van der Waals surface area contributed by atoms with E-state index in [-0.39, 0.29) is 5.75 Å². The molecule has 72 valence electrons. The van der Waals surface area contributed by atoms with Crippen LogP contribution in [0.2, 0.25) is 0 Å². The second-order valence-electron chi connectivity index (χ2n) is 3.02. The molecule has 0 aliphatic heterocycles. The first-order valence-electron chi connectivity index (χ1n) is 3.90. The van der Waals surface area contributed by atoms with Gasteiger partial charge in [-0.05, 0) is 5.56 Å². The van der Waals surface area contributed by atoms with Gasteiger partial charge in [0.15, 0.2) is 0 Å². The molecule has 0 bridgehead atoms. The van der Waals surface area contributed by atoms with E-state index in [2.05, 4.69) is 0 Å². The van der Waals surface area contributed by atoms with Crippen molar-refractivity contribution in [1.29, 1.82) is 0 Å². The van der Waals surface area contributed by atoms with Crippen LogP contribution in [0.1, 0.15) is 11.7 Å². The maximum absolute atomic E-state index is 10.9. The molecule has 1 aromatic carbocycles. The third-order valence-electron chi connectivity index (χ3n) is 1.64. The number of aliphatic hydroxyl groups is 1. The maximum atomic E-state index is 10.9. The standard InChI is InChI=1S/C9H12O3S/c1-13(11,12)7-9(10)8-5-3-2-4-6-8/h2-6,9-10H,7H2,1H3/t9-/m0/s1. The molecule has 1 N–H and O–H groups in total. The molecular weight excluding hydrogens is 188 g/mol. The van der Waals surface area contributed by atoms with E-state index >= 15 is 0 Å². The first-order chi connectivity index (χ1) is 5.99. The Morgan fingerprint density at radius 2 is 1.85 bits per heavy atom. The molecule has 0 aromatic heterocycles. The summed E-state index contributed by atoms with van der Waals surface area (Å²) < 4.78 is 21.7. The summed E-state index contributed by atoms with van der Waals surface area (Å²) in [6, 6.07) is 8.75. The molecule has 0 saturated carbocycles. The normalized spacial score (nSPS) is 14.0. The molecule has 0 fully saturated rings. The molecule has 1 aromatic rings. The zero-order valence-corrected chi connectivity index (χ0v) is 8.16. The quantitative estimate of drug-likeness (QED) is 0.784. The van der Waals surface area contributed by atoms with Crippen LogP contribution < -0.4 is 0 Å². The van der Waals surface area contributed by atoms with Crippen molar-refractivity contribution in [3.8, 4) is 0 Å². The lowest BCUT2D eigenvalue weighted by atomic mass is 10.1. The van der Waals surface area contributed by atoms with Crippen molar-refractivity contribution in [2.45, 2.75) is 6.10 Å². The second-order valence-corrected chi connectivity index (χ2v) is 5.20. The Kier molecular flexibility index (Phi) is 3.06. The van der Waals surface area contributed by atoms with Crippen LogP contribution in [0.3, 0.4) is 0 Å². The van der Waals surface area contributed by atoms with E-state index in [0.29, 0.717) is 5.56 Å². The van der Waals surface area contributed by atoms with Gasteiger partial charge in [-0.3, -0.25) is 0 Å². The van der Waals surface area contributed by atoms with Crippen LogP contribution >= 0.6 is 0 Å². The highest BCUT2D eigenvalue weighted by molar-refractivity contribution is 7.90. The number of sulfone groups is 1. The summed E-state index contributed by atoms with van der Waals surface area (Å²) in [5.74, 6) is -0.225. The predicted molar refractivity (Wildman–Crippen MR) is 51.1 cm³/mol. The number of hydrogen-bond acceptors (Lipinski definition) is 3. The fourth-order valence-corrected chi connectivity index (χ4v) is 1.82. The summed E-state index contributed by atoms with van der Waals surface area (Å²) in [4.78, 5) is 0. The minimum absolute atomic E-state index is 0.225. The summed E-state index contributed by atoms with van der Waals surface area (Å²) >= 11 is 0. The zero-order chi connectivity index (χ0) is 9.90. The molecule has 13 heavy (non-hydrogen) atoms. The lowest BCUT2D eigenvalue weighted by Gasteiger charge is -2.08. The highest BCUT2D eigenvalue weighted by Gasteiger charge is 2.13. The average molecular weight is 200 g/mol. The molecular formula is C9H12O3S. The fourth-order valence-electron chi connectivity index (χ4n) is 1.06. The largest absolute Gasteiger partial charge is 0.387 e. The van der Waals surface area contributed by atoms with Crippen LogP contribution in [-0.2, 0) is 9.84 Å². The van der Waals surface area contributed by atoms with Gasteiger partial charge in [0.2, 0.25) is 0 Å². The van der Waals surface area contributed by atoms with Gasteiger partial charge in [-0.2, -0.15) is 0 Å². The van der Waals surface area contributed by atoms with Gasteiger partial charge >= 0.3 is 0 Å². The Morgan fingerprint density at radius 1 is 1.31 bits per heavy atom. The van der Waals surface area contributed by atoms with Crippen molar-refractivity contribution < 1.29 is 13.5 Å². The summed E-state index contributed by atoms with van der Waals surface area (Å²) in [5, 5.41) is 9.48. The number of aliphatic hydroxyl groups excluding tert-OH is 1. The Labute approximate surface area is 77.9 Å². The number of hydrogen-bond donors (Lipinski definition) is 1. The van der Waals surface area contributed by atoms with Gasteiger partial charge in [0.1, 0.15) is 9.84 Å². The molecule has 0 unspecified atom stereocenters. The molecule has 4 heteroatoms. The van der Waals surface area contributed by atoms with Crippen LogP contribution in [0.15, 0.2) is 30.3 Å². The lowest BCUT2D eigenvalue weighted by molar-refractivity contribution is 0.202. The Balaban J connectivity index is 2.76. The smallest absolute Gasteiger partial charge is 0.150 e. The molecule has 1 atom stereocenters. The minimum Gasteiger partial charge on any atom is -0.387 e. The Morgan fingerprint density at radius 3 is 2.31 bits per heavy atom. The zero-order valence-electron chi connectivity index (χ0n) is 7.34. The van der Waals surface area contributed by atoms with E-state index in [9.17, 15) is 13.5 Å². The molecule has 0 spiro atoms. The third-order valence-corrected chi connectivity index (χ3v) is 2.57. The van der Waals surface area contributed by atoms with Gasteiger partial charge in [-0.1, -0.05) is 30.3 Å². The van der Waals surface area contributed by atoms with Crippen LogP contribution in [0, 0.1) is 0 Å². The highest BCUT2D eigenvalue weighted by Crippen LogP contribution is 2.13. The van der Waals surface area contributed by atoms with Gasteiger partial charge in [0, 0.05) is 6.26 Å². The second kappa shape index (κ2) is 3.89. The SMILES string of the molecule is CS(=O)(=O)C[C@H](O)c1ccccc1. The van der Waals surface area contributed by atoms with Gasteiger partial charge in [-0.15, -0.1) is 0 Å². The van der Waals surface area contributed by atoms with Crippen LogP contribution in [-0.4, -0.2) is 25.5 Å². The first kappa shape index (κ1) is 10.2. The van der Waals surface area contributed by atoms with Crippen molar-refractivity contribution >= 4 is 9.84 Å². The molecule has 0 heterocycles. The Bertz CT molecular complexity index is 356. The van der Waals surface area contributed by atoms with Crippen LogP contribution in [0.4, 0.5) is 0 Å². The summed E-state index contributed by atoms with van der Waals surface area (Å²) in [6.07, 6.45) is 0.190. The van der Waals surface area contributed by atoms with Crippen LogP contribution in [0.25, 0.3) is 0 Å². The van der Waals surface area contributed by atoms with Crippen molar-refractivity contribution in [3.05, 3.63) is 35.9 Å². The summed E-state index contributed by atoms with van der Waals surface area (Å²) in [6.45, 7) is 0. The molecule has 0 saturated heterocycles. The van der Waals surface area contributed by atoms with Gasteiger partial charge in [-0.25, -0.2) is 8.42 Å². The lowest BCUT2D eigenvalue weighted by Crippen LogP contribution is -2.12. The van der Waals surface area contributed by atoms with Crippen molar-refractivity contribution in [2.75, 3.05) is 12.0 Å². The van der Waals surface area contributed by atoms with Crippen LogP contribution in [0.5, 0.6) is 0 Å². The first-order valence-corrected chi connectivity index (χ1v) is 5.96. The fraction of sp³-hybridized carbons (Fsp3) is 0.333. The molecule has 0 aliphatic rings. The number of benzene rings is 1. The molecule has 0 amide bonds. The van der Waals surface area contributed by atoms with Crippen molar-refractivity contribution in [2.24, 2.45) is 0 Å². The average Bonchev–Trinajstić information content (AvgIpc) is 2.03. The Hall–Kier alpha value is -0.870. The van der Waals surface area contributed by atoms with Crippen molar-refractivity contribution in [1.82, 2.24) is 0 Å². The monoisotopic (exact) mass is 200 g/mol. The number of rotatable bonds is 3. The molecule has 3 nitrogen and oxygen atoms in total. The van der Waals surface area contributed by atoms with Gasteiger partial charge in [0.25, 0.3) is 0 Å².